The van der Waals surface area contributed by atoms with Crippen LogP contribution in [0.3, 0.4) is 0 Å². The zero-order valence-corrected chi connectivity index (χ0v) is 11.8. The van der Waals surface area contributed by atoms with Gasteiger partial charge in [0.2, 0.25) is 0 Å². The van der Waals surface area contributed by atoms with Crippen LogP contribution in [-0.2, 0) is 11.3 Å². The van der Waals surface area contributed by atoms with Crippen molar-refractivity contribution in [2.75, 3.05) is 13.2 Å². The molecular weight excluding hydrogens is 222 g/mol. The largest absolute Gasteiger partial charge is 0.376 e. The molecule has 0 heterocycles. The van der Waals surface area contributed by atoms with Crippen molar-refractivity contribution in [2.24, 2.45) is 5.41 Å². The van der Waals surface area contributed by atoms with Crippen molar-refractivity contribution in [1.82, 2.24) is 5.32 Å². The predicted molar refractivity (Wildman–Crippen MR) is 77.5 cm³/mol. The first-order valence-electron chi connectivity index (χ1n) is 6.54. The second kappa shape index (κ2) is 7.34. The van der Waals surface area contributed by atoms with Crippen LogP contribution in [0, 0.1) is 5.41 Å². The van der Waals surface area contributed by atoms with E-state index in [0.717, 1.165) is 6.54 Å². The number of benzene rings is 1. The number of hydrogen-bond acceptors (Lipinski definition) is 2. The minimum absolute atomic E-state index is 0.0148. The monoisotopic (exact) mass is 247 g/mol. The van der Waals surface area contributed by atoms with Crippen molar-refractivity contribution >= 4 is 0 Å². The molecule has 18 heavy (non-hydrogen) atoms. The van der Waals surface area contributed by atoms with Crippen LogP contribution in [0.2, 0.25) is 0 Å². The number of rotatable bonds is 8. The maximum atomic E-state index is 5.80. The van der Waals surface area contributed by atoms with Gasteiger partial charge in [-0.05, 0) is 5.56 Å². The summed E-state index contributed by atoms with van der Waals surface area (Å²) in [6.45, 7) is 12.6. The van der Waals surface area contributed by atoms with Crippen molar-refractivity contribution in [3.63, 3.8) is 0 Å². The molecule has 1 aromatic carbocycles. The first-order valence-corrected chi connectivity index (χ1v) is 6.54. The summed E-state index contributed by atoms with van der Waals surface area (Å²) in [6.07, 6.45) is 1.98. The van der Waals surface area contributed by atoms with Gasteiger partial charge >= 0.3 is 0 Å². The summed E-state index contributed by atoms with van der Waals surface area (Å²) in [7, 11) is 0. The standard InChI is InChI=1S/C16H25NO/c1-5-16(4,12-17-14(2)3)13-18-11-15-9-7-6-8-10-15/h5-10,14,17H,1,11-13H2,2-4H3. The van der Waals surface area contributed by atoms with Gasteiger partial charge in [-0.3, -0.25) is 0 Å². The summed E-state index contributed by atoms with van der Waals surface area (Å²) in [6, 6.07) is 10.7. The molecule has 0 saturated carbocycles. The van der Waals surface area contributed by atoms with Gasteiger partial charge in [-0.2, -0.15) is 0 Å². The molecule has 0 aliphatic rings. The maximum absolute atomic E-state index is 5.80. The molecule has 1 aromatic rings. The lowest BCUT2D eigenvalue weighted by molar-refractivity contribution is 0.0634. The van der Waals surface area contributed by atoms with Crippen molar-refractivity contribution in [3.8, 4) is 0 Å². The highest BCUT2D eigenvalue weighted by atomic mass is 16.5. The lowest BCUT2D eigenvalue weighted by Crippen LogP contribution is -2.37. The van der Waals surface area contributed by atoms with E-state index in [1.807, 2.05) is 24.3 Å². The van der Waals surface area contributed by atoms with E-state index in [4.69, 9.17) is 4.74 Å². The van der Waals surface area contributed by atoms with Crippen LogP contribution in [0.15, 0.2) is 43.0 Å². The molecule has 0 aliphatic carbocycles. The zero-order chi connectivity index (χ0) is 13.4. The fraction of sp³-hybridized carbons (Fsp3) is 0.500. The van der Waals surface area contributed by atoms with Crippen LogP contribution in [0.1, 0.15) is 26.3 Å². The number of hydrogen-bond donors (Lipinski definition) is 1. The zero-order valence-electron chi connectivity index (χ0n) is 11.8. The molecule has 1 atom stereocenters. The second-order valence-corrected chi connectivity index (χ2v) is 5.37. The molecule has 1 unspecified atom stereocenters. The van der Waals surface area contributed by atoms with Gasteiger partial charge in [0.1, 0.15) is 0 Å². The Labute approximate surface area is 111 Å². The second-order valence-electron chi connectivity index (χ2n) is 5.37. The van der Waals surface area contributed by atoms with E-state index in [2.05, 4.69) is 44.8 Å². The van der Waals surface area contributed by atoms with Gasteiger partial charge in [0.05, 0.1) is 13.2 Å². The molecule has 2 heteroatoms. The molecule has 2 nitrogen and oxygen atoms in total. The minimum atomic E-state index is -0.0148. The lowest BCUT2D eigenvalue weighted by Gasteiger charge is -2.27. The fourth-order valence-electron chi connectivity index (χ4n) is 1.60. The third kappa shape index (κ3) is 5.48. The molecule has 1 N–H and O–H groups in total. The summed E-state index contributed by atoms with van der Waals surface area (Å²) >= 11 is 0. The molecular formula is C16H25NO. The van der Waals surface area contributed by atoms with Crippen LogP contribution < -0.4 is 5.32 Å². The van der Waals surface area contributed by atoms with E-state index in [-0.39, 0.29) is 5.41 Å². The molecule has 1 rings (SSSR count). The topological polar surface area (TPSA) is 21.3 Å². The highest BCUT2D eigenvalue weighted by Gasteiger charge is 2.20. The molecule has 0 radical (unpaired) electrons. The number of nitrogens with one attached hydrogen (secondary N) is 1. The highest BCUT2D eigenvalue weighted by molar-refractivity contribution is 5.13. The summed E-state index contributed by atoms with van der Waals surface area (Å²) < 4.78 is 5.80. The first kappa shape index (κ1) is 14.9. The Morgan fingerprint density at radius 3 is 2.56 bits per heavy atom. The molecule has 0 spiro atoms. The van der Waals surface area contributed by atoms with Crippen molar-refractivity contribution < 1.29 is 4.74 Å². The Hall–Kier alpha value is -1.12. The van der Waals surface area contributed by atoms with E-state index in [1.54, 1.807) is 0 Å². The molecule has 100 valence electrons. The Morgan fingerprint density at radius 2 is 2.00 bits per heavy atom. The van der Waals surface area contributed by atoms with Crippen molar-refractivity contribution in [1.29, 1.82) is 0 Å². The minimum Gasteiger partial charge on any atom is -0.376 e. The van der Waals surface area contributed by atoms with Crippen LogP contribution >= 0.6 is 0 Å². The Kier molecular flexibility index (Phi) is 6.10. The smallest absolute Gasteiger partial charge is 0.0717 e. The summed E-state index contributed by atoms with van der Waals surface area (Å²) in [5.74, 6) is 0. The first-order chi connectivity index (χ1) is 8.56. The maximum Gasteiger partial charge on any atom is 0.0717 e. The third-order valence-corrected chi connectivity index (χ3v) is 2.95. The molecule has 0 fully saturated rings. The predicted octanol–water partition coefficient (Wildman–Crippen LogP) is 3.39. The van der Waals surface area contributed by atoms with Gasteiger partial charge < -0.3 is 10.1 Å². The van der Waals surface area contributed by atoms with Crippen LogP contribution in [0.4, 0.5) is 0 Å². The van der Waals surface area contributed by atoms with E-state index < -0.39 is 0 Å². The summed E-state index contributed by atoms with van der Waals surface area (Å²) in [5.41, 5.74) is 1.19. The number of ether oxygens (including phenoxy) is 1. The van der Waals surface area contributed by atoms with E-state index >= 15 is 0 Å². The Morgan fingerprint density at radius 1 is 1.33 bits per heavy atom. The van der Waals surface area contributed by atoms with Gasteiger partial charge in [-0.1, -0.05) is 57.2 Å². The van der Waals surface area contributed by atoms with Gasteiger partial charge in [0.25, 0.3) is 0 Å². The van der Waals surface area contributed by atoms with Gasteiger partial charge in [0, 0.05) is 18.0 Å². The Bertz CT molecular complexity index is 347. The lowest BCUT2D eigenvalue weighted by atomic mass is 9.91. The molecule has 0 amide bonds. The van der Waals surface area contributed by atoms with Crippen molar-refractivity contribution in [3.05, 3.63) is 48.6 Å². The van der Waals surface area contributed by atoms with Gasteiger partial charge in [-0.25, -0.2) is 0 Å². The Balaban J connectivity index is 2.37. The summed E-state index contributed by atoms with van der Waals surface area (Å²) in [4.78, 5) is 0. The van der Waals surface area contributed by atoms with Crippen molar-refractivity contribution in [2.45, 2.75) is 33.4 Å². The molecule has 0 aromatic heterocycles. The summed E-state index contributed by atoms with van der Waals surface area (Å²) in [5, 5.41) is 3.43. The average Bonchev–Trinajstić information content (AvgIpc) is 2.38. The van der Waals surface area contributed by atoms with Gasteiger partial charge in [0.15, 0.2) is 0 Å². The van der Waals surface area contributed by atoms with Crippen LogP contribution in [0.25, 0.3) is 0 Å². The fourth-order valence-corrected chi connectivity index (χ4v) is 1.60. The van der Waals surface area contributed by atoms with E-state index in [0.29, 0.717) is 19.3 Å². The van der Waals surface area contributed by atoms with Gasteiger partial charge in [-0.15, -0.1) is 6.58 Å². The highest BCUT2D eigenvalue weighted by Crippen LogP contribution is 2.18. The van der Waals surface area contributed by atoms with E-state index in [9.17, 15) is 0 Å². The third-order valence-electron chi connectivity index (χ3n) is 2.95. The quantitative estimate of drug-likeness (QED) is 0.711. The SMILES string of the molecule is C=CC(C)(CNC(C)C)COCc1ccccc1. The molecule has 0 aliphatic heterocycles. The molecule has 0 saturated heterocycles. The van der Waals surface area contributed by atoms with E-state index in [1.165, 1.54) is 5.56 Å². The van der Waals surface area contributed by atoms with Crippen LogP contribution in [0.5, 0.6) is 0 Å². The molecule has 0 bridgehead atoms. The normalized spacial score (nSPS) is 14.4. The average molecular weight is 247 g/mol. The van der Waals surface area contributed by atoms with Crippen LogP contribution in [-0.4, -0.2) is 19.2 Å².